The van der Waals surface area contributed by atoms with E-state index in [1.54, 1.807) is 37.4 Å². The van der Waals surface area contributed by atoms with Crippen molar-refractivity contribution in [1.82, 2.24) is 19.2 Å². The van der Waals surface area contributed by atoms with Gasteiger partial charge in [-0.1, -0.05) is 17.8 Å². The molecule has 11 heteroatoms. The summed E-state index contributed by atoms with van der Waals surface area (Å²) in [6, 6.07) is 10.7. The number of hydrogen-bond acceptors (Lipinski definition) is 7. The Morgan fingerprint density at radius 1 is 1.09 bits per heavy atom. The van der Waals surface area contributed by atoms with Crippen molar-refractivity contribution < 1.29 is 18.7 Å². The van der Waals surface area contributed by atoms with Gasteiger partial charge in [0, 0.05) is 36.3 Å². The number of nitrogens with zero attached hydrogens (tertiary/aromatic N) is 4. The molecule has 0 aliphatic heterocycles. The third-order valence-corrected chi connectivity index (χ3v) is 5.85. The standard InChI is InChI=1S/C22H20FN5O4S/c1-13(20(29)24-15-10-17(31-2)12-18(11-15)32-3)33-22-26-25-19-21(30)27(7-8-28(19)22)16-6-4-5-14(23)9-16/h4-13H,1-3H3,(H,24,29). The Morgan fingerprint density at radius 3 is 2.48 bits per heavy atom. The minimum absolute atomic E-state index is 0.0643. The normalized spacial score (nSPS) is 11.9. The van der Waals surface area contributed by atoms with Crippen LogP contribution in [0, 0.1) is 5.82 Å². The largest absolute Gasteiger partial charge is 0.497 e. The van der Waals surface area contributed by atoms with Crippen molar-refractivity contribution in [3.63, 3.8) is 0 Å². The Bertz CT molecular complexity index is 1360. The van der Waals surface area contributed by atoms with Crippen LogP contribution in [0.15, 0.2) is 64.8 Å². The Balaban J connectivity index is 1.55. The zero-order valence-corrected chi connectivity index (χ0v) is 18.8. The Hall–Kier alpha value is -3.86. The molecule has 1 atom stereocenters. The molecule has 0 saturated carbocycles. The van der Waals surface area contributed by atoms with Gasteiger partial charge in [0.15, 0.2) is 5.16 Å². The van der Waals surface area contributed by atoms with E-state index in [-0.39, 0.29) is 11.6 Å². The molecule has 1 N–H and O–H groups in total. The number of hydrogen-bond donors (Lipinski definition) is 1. The number of thioether (sulfide) groups is 1. The van der Waals surface area contributed by atoms with Gasteiger partial charge < -0.3 is 14.8 Å². The van der Waals surface area contributed by atoms with Crippen LogP contribution < -0.4 is 20.3 Å². The van der Waals surface area contributed by atoms with Crippen molar-refractivity contribution in [3.8, 4) is 17.2 Å². The maximum Gasteiger partial charge on any atom is 0.300 e. The maximum absolute atomic E-state index is 13.6. The molecule has 0 bridgehead atoms. The van der Waals surface area contributed by atoms with E-state index < -0.39 is 16.6 Å². The van der Waals surface area contributed by atoms with Gasteiger partial charge in [0.25, 0.3) is 0 Å². The second-order valence-electron chi connectivity index (χ2n) is 6.98. The molecule has 2 aromatic heterocycles. The van der Waals surface area contributed by atoms with Gasteiger partial charge in [-0.05, 0) is 25.1 Å². The van der Waals surface area contributed by atoms with Gasteiger partial charge in [-0.25, -0.2) is 4.39 Å². The van der Waals surface area contributed by atoms with E-state index in [1.807, 2.05) is 0 Å². The van der Waals surface area contributed by atoms with E-state index in [0.29, 0.717) is 28.0 Å². The topological polar surface area (TPSA) is 99.8 Å². The Kier molecular flexibility index (Phi) is 6.31. The molecule has 4 aromatic rings. The molecule has 2 heterocycles. The molecular formula is C22H20FN5O4S. The van der Waals surface area contributed by atoms with Crippen LogP contribution in [0.2, 0.25) is 0 Å². The fourth-order valence-corrected chi connectivity index (χ4v) is 3.94. The first kappa shape index (κ1) is 22.3. The molecule has 0 saturated heterocycles. The van der Waals surface area contributed by atoms with Crippen molar-refractivity contribution in [2.24, 2.45) is 0 Å². The predicted octanol–water partition coefficient (Wildman–Crippen LogP) is 3.16. The molecule has 1 amide bonds. The van der Waals surface area contributed by atoms with Gasteiger partial charge in [0.2, 0.25) is 11.6 Å². The summed E-state index contributed by atoms with van der Waals surface area (Å²) in [6.07, 6.45) is 3.10. The average Bonchev–Trinajstić information content (AvgIpc) is 3.22. The molecule has 2 aromatic carbocycles. The SMILES string of the molecule is COc1cc(NC(=O)C(C)Sc2nnc3c(=O)n(-c4cccc(F)c4)ccn23)cc(OC)c1. The van der Waals surface area contributed by atoms with E-state index in [1.165, 1.54) is 47.6 Å². The number of carbonyl (C=O) groups is 1. The summed E-state index contributed by atoms with van der Waals surface area (Å²) >= 11 is 1.15. The smallest absolute Gasteiger partial charge is 0.300 e. The van der Waals surface area contributed by atoms with Crippen molar-refractivity contribution in [3.05, 3.63) is 71.0 Å². The summed E-state index contributed by atoms with van der Waals surface area (Å²) in [4.78, 5) is 25.6. The molecule has 33 heavy (non-hydrogen) atoms. The average molecular weight is 469 g/mol. The second-order valence-corrected chi connectivity index (χ2v) is 8.29. The van der Waals surface area contributed by atoms with Gasteiger partial charge in [-0.15, -0.1) is 10.2 Å². The summed E-state index contributed by atoms with van der Waals surface area (Å²) in [5.41, 5.74) is 0.506. The maximum atomic E-state index is 13.6. The molecule has 0 aliphatic rings. The highest BCUT2D eigenvalue weighted by molar-refractivity contribution is 8.00. The minimum Gasteiger partial charge on any atom is -0.497 e. The highest BCUT2D eigenvalue weighted by Crippen LogP contribution is 2.27. The van der Waals surface area contributed by atoms with Crippen molar-refractivity contribution in [2.75, 3.05) is 19.5 Å². The van der Waals surface area contributed by atoms with E-state index in [2.05, 4.69) is 15.5 Å². The molecule has 1 unspecified atom stereocenters. The Morgan fingerprint density at radius 2 is 1.82 bits per heavy atom. The summed E-state index contributed by atoms with van der Waals surface area (Å²) in [6.45, 7) is 1.71. The lowest BCUT2D eigenvalue weighted by molar-refractivity contribution is -0.115. The monoisotopic (exact) mass is 469 g/mol. The summed E-state index contributed by atoms with van der Waals surface area (Å²) in [5.74, 6) is 0.358. The number of halogens is 1. The number of rotatable bonds is 7. The third-order valence-electron chi connectivity index (χ3n) is 4.80. The van der Waals surface area contributed by atoms with Crippen LogP contribution in [0.3, 0.4) is 0 Å². The van der Waals surface area contributed by atoms with Crippen molar-refractivity contribution >= 4 is 29.0 Å². The highest BCUT2D eigenvalue weighted by atomic mass is 32.2. The van der Waals surface area contributed by atoms with Gasteiger partial charge in [-0.3, -0.25) is 18.6 Å². The van der Waals surface area contributed by atoms with Crippen molar-refractivity contribution in [2.45, 2.75) is 17.3 Å². The molecule has 0 fully saturated rings. The number of methoxy groups -OCH3 is 2. The number of aromatic nitrogens is 4. The summed E-state index contributed by atoms with van der Waals surface area (Å²) in [7, 11) is 3.05. The quantitative estimate of drug-likeness (QED) is 0.415. The van der Waals surface area contributed by atoms with E-state index >= 15 is 0 Å². The van der Waals surface area contributed by atoms with Crippen molar-refractivity contribution in [1.29, 1.82) is 0 Å². The molecular weight excluding hydrogens is 449 g/mol. The van der Waals surface area contributed by atoms with Gasteiger partial charge in [0.05, 0.1) is 25.2 Å². The van der Waals surface area contributed by atoms with Crippen LogP contribution in [0.1, 0.15) is 6.92 Å². The molecule has 170 valence electrons. The zero-order chi connectivity index (χ0) is 23.5. The number of amides is 1. The first-order chi connectivity index (χ1) is 15.9. The van der Waals surface area contributed by atoms with Crippen LogP contribution in [0.25, 0.3) is 11.3 Å². The van der Waals surface area contributed by atoms with Crippen LogP contribution >= 0.6 is 11.8 Å². The van der Waals surface area contributed by atoms with Gasteiger partial charge in [-0.2, -0.15) is 0 Å². The predicted molar refractivity (Wildman–Crippen MR) is 122 cm³/mol. The number of fused-ring (bicyclic) bond motifs is 1. The number of nitrogens with one attached hydrogen (secondary N) is 1. The molecule has 0 radical (unpaired) electrons. The van der Waals surface area contributed by atoms with Crippen LogP contribution in [-0.4, -0.2) is 44.5 Å². The van der Waals surface area contributed by atoms with Gasteiger partial charge >= 0.3 is 5.56 Å². The molecule has 9 nitrogen and oxygen atoms in total. The first-order valence-corrected chi connectivity index (χ1v) is 10.7. The summed E-state index contributed by atoms with van der Waals surface area (Å²) < 4.78 is 26.8. The zero-order valence-electron chi connectivity index (χ0n) is 18.0. The van der Waals surface area contributed by atoms with Crippen LogP contribution in [-0.2, 0) is 4.79 Å². The first-order valence-electron chi connectivity index (χ1n) is 9.82. The molecule has 0 spiro atoms. The third kappa shape index (κ3) is 4.67. The fourth-order valence-electron chi connectivity index (χ4n) is 3.11. The van der Waals surface area contributed by atoms with Gasteiger partial charge in [0.1, 0.15) is 17.3 Å². The highest BCUT2D eigenvalue weighted by Gasteiger charge is 2.20. The number of carbonyl (C=O) groups excluding carboxylic acids is 1. The number of ether oxygens (including phenoxy) is 2. The molecule has 0 aliphatic carbocycles. The molecule has 4 rings (SSSR count). The lowest BCUT2D eigenvalue weighted by Crippen LogP contribution is -2.23. The van der Waals surface area contributed by atoms with Crippen LogP contribution in [0.5, 0.6) is 11.5 Å². The second kappa shape index (κ2) is 9.33. The van der Waals surface area contributed by atoms with E-state index in [0.717, 1.165) is 11.8 Å². The number of anilines is 1. The van der Waals surface area contributed by atoms with Crippen LogP contribution in [0.4, 0.5) is 10.1 Å². The fraction of sp³-hybridized carbons (Fsp3) is 0.182. The lowest BCUT2D eigenvalue weighted by atomic mass is 10.2. The lowest BCUT2D eigenvalue weighted by Gasteiger charge is -2.13. The number of benzene rings is 2. The summed E-state index contributed by atoms with van der Waals surface area (Å²) in [5, 5.41) is 10.7. The Labute approximate surface area is 192 Å². The van der Waals surface area contributed by atoms with E-state index in [4.69, 9.17) is 9.47 Å². The van der Waals surface area contributed by atoms with E-state index in [9.17, 15) is 14.0 Å². The minimum atomic E-state index is -0.555.